The summed E-state index contributed by atoms with van der Waals surface area (Å²) in [6.45, 7) is 11.9. The van der Waals surface area contributed by atoms with Gasteiger partial charge in [0.25, 0.3) is 0 Å². The maximum atomic E-state index is 12.6. The topological polar surface area (TPSA) is 80.8 Å². The lowest BCUT2D eigenvalue weighted by atomic mass is 9.88. The zero-order valence-corrected chi connectivity index (χ0v) is 20.5. The molecule has 1 saturated heterocycles. The number of piperidine rings is 1. The van der Waals surface area contributed by atoms with Gasteiger partial charge in [-0.25, -0.2) is 14.6 Å². The van der Waals surface area contributed by atoms with Crippen LogP contribution in [0.25, 0.3) is 10.6 Å². The average Bonchev–Trinajstić information content (AvgIpc) is 3.11. The number of rotatable bonds is 4. The maximum absolute atomic E-state index is 12.6. The van der Waals surface area contributed by atoms with Crippen molar-refractivity contribution in [1.82, 2.24) is 9.88 Å². The summed E-state index contributed by atoms with van der Waals surface area (Å²) in [6.07, 6.45) is 0.738. The Hall–Kier alpha value is -2.61. The number of thiazole rings is 1. The predicted octanol–water partition coefficient (Wildman–Crippen LogP) is 6.09. The third-order valence-electron chi connectivity index (χ3n) is 5.37. The fourth-order valence-electron chi connectivity index (χ4n) is 4.13. The van der Waals surface area contributed by atoms with Crippen molar-refractivity contribution in [2.24, 2.45) is 5.92 Å². The molecule has 1 fully saturated rings. The van der Waals surface area contributed by atoms with Crippen LogP contribution in [0.5, 0.6) is 0 Å². The molecule has 1 N–H and O–H groups in total. The number of benzene rings is 1. The second-order valence-electron chi connectivity index (χ2n) is 9.49. The van der Waals surface area contributed by atoms with E-state index >= 15 is 0 Å². The summed E-state index contributed by atoms with van der Waals surface area (Å²) in [5.41, 5.74) is 1.97. The van der Waals surface area contributed by atoms with E-state index < -0.39 is 11.7 Å². The fourth-order valence-corrected chi connectivity index (χ4v) is 4.97. The smallest absolute Gasteiger partial charge is 0.411 e. The maximum Gasteiger partial charge on any atom is 0.411 e. The molecule has 0 bridgehead atoms. The van der Waals surface area contributed by atoms with Crippen LogP contribution in [0.3, 0.4) is 0 Å². The number of nitrogens with one attached hydrogen (secondary N) is 1. The first kappa shape index (κ1) is 24.0. The minimum Gasteiger partial charge on any atom is -0.449 e. The van der Waals surface area contributed by atoms with Gasteiger partial charge in [0.05, 0.1) is 12.3 Å². The van der Waals surface area contributed by atoms with Crippen molar-refractivity contribution in [2.45, 2.75) is 72.1 Å². The van der Waals surface area contributed by atoms with E-state index in [1.54, 1.807) is 16.2 Å². The van der Waals surface area contributed by atoms with Crippen LogP contribution < -0.4 is 5.32 Å². The van der Waals surface area contributed by atoms with Crippen LogP contribution in [0.4, 0.5) is 15.3 Å². The van der Waals surface area contributed by atoms with Gasteiger partial charge in [-0.2, -0.15) is 0 Å². The van der Waals surface area contributed by atoms with Gasteiger partial charge in [0.2, 0.25) is 0 Å². The average molecular weight is 460 g/mol. The number of carbonyl (C=O) groups excluding carboxylic acids is 2. The number of hydrogen-bond acceptors (Lipinski definition) is 6. The summed E-state index contributed by atoms with van der Waals surface area (Å²) in [7, 11) is 0. The number of aryl methyl sites for hydroxylation is 1. The lowest BCUT2D eigenvalue weighted by Gasteiger charge is -2.42. The summed E-state index contributed by atoms with van der Waals surface area (Å²) in [5.74, 6) is 0.182. The first-order valence-corrected chi connectivity index (χ1v) is 11.9. The quantitative estimate of drug-likeness (QED) is 0.598. The minimum absolute atomic E-state index is 0.0131. The molecular weight excluding hydrogens is 426 g/mol. The number of amides is 2. The molecule has 3 rings (SSSR count). The van der Waals surface area contributed by atoms with Crippen LogP contribution in [-0.4, -0.2) is 46.4 Å². The van der Waals surface area contributed by atoms with Crippen molar-refractivity contribution in [3.8, 4) is 10.6 Å². The van der Waals surface area contributed by atoms with Crippen molar-refractivity contribution in [3.05, 3.63) is 35.3 Å². The Morgan fingerprint density at radius 1 is 1.19 bits per heavy atom. The van der Waals surface area contributed by atoms with Gasteiger partial charge in [-0.1, -0.05) is 12.1 Å². The molecule has 0 unspecified atom stereocenters. The third-order valence-corrected chi connectivity index (χ3v) is 6.36. The van der Waals surface area contributed by atoms with Gasteiger partial charge in [-0.15, -0.1) is 11.3 Å². The van der Waals surface area contributed by atoms with Gasteiger partial charge in [-0.05, 0) is 72.4 Å². The monoisotopic (exact) mass is 459 g/mol. The van der Waals surface area contributed by atoms with E-state index in [0.717, 1.165) is 29.1 Å². The highest BCUT2D eigenvalue weighted by Crippen LogP contribution is 2.32. The van der Waals surface area contributed by atoms with Crippen molar-refractivity contribution >= 4 is 29.2 Å². The van der Waals surface area contributed by atoms with Crippen LogP contribution in [0, 0.1) is 12.8 Å². The molecule has 2 heterocycles. The Labute approximate surface area is 194 Å². The number of para-hydroxylation sites is 1. The van der Waals surface area contributed by atoms with Crippen LogP contribution >= 0.6 is 11.3 Å². The summed E-state index contributed by atoms with van der Waals surface area (Å²) in [4.78, 5) is 31.4. The van der Waals surface area contributed by atoms with Gasteiger partial charge < -0.3 is 14.4 Å². The second kappa shape index (κ2) is 9.90. The summed E-state index contributed by atoms with van der Waals surface area (Å²) in [6, 6.07) is 7.60. The van der Waals surface area contributed by atoms with E-state index in [-0.39, 0.29) is 24.1 Å². The lowest BCUT2D eigenvalue weighted by molar-refractivity contribution is -0.0126. The molecule has 0 aliphatic carbocycles. The van der Waals surface area contributed by atoms with Gasteiger partial charge >= 0.3 is 12.2 Å². The minimum atomic E-state index is -0.526. The molecule has 2 aromatic rings. The van der Waals surface area contributed by atoms with Gasteiger partial charge in [-0.3, -0.25) is 5.32 Å². The van der Waals surface area contributed by atoms with Crippen LogP contribution in [0.2, 0.25) is 0 Å². The Morgan fingerprint density at radius 2 is 1.84 bits per heavy atom. The highest BCUT2D eigenvalue weighted by Gasteiger charge is 2.36. The largest absolute Gasteiger partial charge is 0.449 e. The van der Waals surface area contributed by atoms with Crippen LogP contribution in [-0.2, 0) is 9.47 Å². The number of aromatic nitrogens is 1. The molecule has 0 saturated carbocycles. The van der Waals surface area contributed by atoms with Crippen molar-refractivity contribution in [3.63, 3.8) is 0 Å². The van der Waals surface area contributed by atoms with E-state index in [4.69, 9.17) is 9.47 Å². The van der Waals surface area contributed by atoms with E-state index in [1.807, 2.05) is 71.2 Å². The van der Waals surface area contributed by atoms with Gasteiger partial charge in [0.1, 0.15) is 10.6 Å². The standard InChI is InChI=1S/C24H33N3O4S/c1-15-14-32-21(25-15)19-9-7-8-10-20(19)26-22(28)30-13-18-11-16(2)27(17(3)12-18)23(29)31-24(4,5)6/h7-10,14,16-18H,11-13H2,1-6H3,(H,26,28)/t16-,17-/m1/s1. The normalized spacial score (nSPS) is 21.2. The highest BCUT2D eigenvalue weighted by molar-refractivity contribution is 7.13. The molecule has 1 aliphatic rings. The summed E-state index contributed by atoms with van der Waals surface area (Å²) < 4.78 is 11.1. The Bertz CT molecular complexity index is 941. The van der Waals surface area contributed by atoms with E-state index in [9.17, 15) is 9.59 Å². The fraction of sp³-hybridized carbons (Fsp3) is 0.542. The van der Waals surface area contributed by atoms with E-state index in [0.29, 0.717) is 12.3 Å². The van der Waals surface area contributed by atoms with Crippen molar-refractivity contribution in [2.75, 3.05) is 11.9 Å². The molecule has 174 valence electrons. The Morgan fingerprint density at radius 3 is 2.44 bits per heavy atom. The number of carbonyl (C=O) groups is 2. The zero-order valence-electron chi connectivity index (χ0n) is 19.7. The van der Waals surface area contributed by atoms with Crippen molar-refractivity contribution < 1.29 is 19.1 Å². The van der Waals surface area contributed by atoms with Crippen molar-refractivity contribution in [1.29, 1.82) is 0 Å². The SMILES string of the molecule is Cc1csc(-c2ccccc2NC(=O)OCC2C[C@@H](C)N(C(=O)OC(C)(C)C)[C@H](C)C2)n1. The Balaban J connectivity index is 1.55. The summed E-state index contributed by atoms with van der Waals surface area (Å²) in [5, 5.41) is 5.69. The van der Waals surface area contributed by atoms with Crippen LogP contribution in [0.1, 0.15) is 53.2 Å². The molecule has 0 spiro atoms. The molecule has 8 heteroatoms. The molecular formula is C24H33N3O4S. The van der Waals surface area contributed by atoms with Crippen LogP contribution in [0.15, 0.2) is 29.6 Å². The predicted molar refractivity (Wildman–Crippen MR) is 127 cm³/mol. The third kappa shape index (κ3) is 6.22. The first-order valence-electron chi connectivity index (χ1n) is 11.0. The zero-order chi connectivity index (χ0) is 23.5. The number of hydrogen-bond donors (Lipinski definition) is 1. The molecule has 2 amide bonds. The van der Waals surface area contributed by atoms with Gasteiger partial charge in [0, 0.05) is 28.7 Å². The number of ether oxygens (including phenoxy) is 2. The Kier molecular flexibility index (Phi) is 7.44. The second-order valence-corrected chi connectivity index (χ2v) is 10.3. The molecule has 0 radical (unpaired) electrons. The first-order chi connectivity index (χ1) is 15.0. The number of likely N-dealkylation sites (tertiary alicyclic amines) is 1. The number of anilines is 1. The highest BCUT2D eigenvalue weighted by atomic mass is 32.1. The van der Waals surface area contributed by atoms with E-state index in [1.165, 1.54) is 0 Å². The molecule has 1 aromatic carbocycles. The van der Waals surface area contributed by atoms with E-state index in [2.05, 4.69) is 10.3 Å². The molecule has 1 aromatic heterocycles. The summed E-state index contributed by atoms with van der Waals surface area (Å²) >= 11 is 1.54. The molecule has 1 aliphatic heterocycles. The van der Waals surface area contributed by atoms with Gasteiger partial charge in [0.15, 0.2) is 0 Å². The number of nitrogens with zero attached hydrogens (tertiary/aromatic N) is 2. The lowest BCUT2D eigenvalue weighted by Crippen LogP contribution is -2.52. The molecule has 32 heavy (non-hydrogen) atoms. The molecule has 7 nitrogen and oxygen atoms in total. The molecule has 2 atom stereocenters.